The van der Waals surface area contributed by atoms with Gasteiger partial charge in [0, 0.05) is 23.6 Å². The number of nitrogen functional groups attached to an aromatic ring is 1. The quantitative estimate of drug-likeness (QED) is 0.127. The van der Waals surface area contributed by atoms with Crippen LogP contribution in [0.25, 0.3) is 11.1 Å². The number of benzene rings is 2. The molecule has 0 radical (unpaired) electrons. The molecule has 0 atom stereocenters. The second-order valence-corrected chi connectivity index (χ2v) is 7.23. The molecule has 0 aliphatic rings. The number of anilines is 3. The van der Waals surface area contributed by atoms with Crippen LogP contribution >= 0.6 is 0 Å². The molecule has 0 saturated heterocycles. The van der Waals surface area contributed by atoms with Gasteiger partial charge in [0.05, 0.1) is 17.4 Å². The Bertz CT molecular complexity index is 1380. The number of hydrogen-bond acceptors (Lipinski definition) is 6. The molecule has 0 aliphatic carbocycles. The van der Waals surface area contributed by atoms with Gasteiger partial charge in [0.25, 0.3) is 0 Å². The fourth-order valence-electron chi connectivity index (χ4n) is 3.17. The smallest absolute Gasteiger partial charge is 0.323 e. The number of hydrogen-bond donors (Lipinski definition) is 5. The zero-order chi connectivity index (χ0) is 24.8. The predicted molar refractivity (Wildman–Crippen MR) is 131 cm³/mol. The first kappa shape index (κ1) is 23.3. The van der Waals surface area contributed by atoms with Crippen molar-refractivity contribution in [2.75, 3.05) is 16.4 Å². The lowest BCUT2D eigenvalue weighted by atomic mass is 10.0. The Kier molecular flexibility index (Phi) is 6.88. The second-order valence-electron chi connectivity index (χ2n) is 7.23. The molecular formula is C24H20F2N8O. The number of nitrogens with one attached hydrogen (secondary N) is 3. The molecule has 0 aliphatic heterocycles. The number of aliphatic imine (C=N–C) groups is 1. The molecule has 2 aromatic heterocycles. The van der Waals surface area contributed by atoms with Crippen molar-refractivity contribution in [1.29, 1.82) is 0 Å². The molecule has 176 valence electrons. The van der Waals surface area contributed by atoms with E-state index < -0.39 is 17.7 Å². The number of nitrogens with two attached hydrogens (primary N) is 2. The van der Waals surface area contributed by atoms with Gasteiger partial charge < -0.3 is 21.8 Å². The maximum atomic E-state index is 14.1. The number of carbonyl (C=O) groups excluding carboxylic acids is 1. The maximum absolute atomic E-state index is 14.1. The van der Waals surface area contributed by atoms with Crippen LogP contribution in [0.4, 0.5) is 36.5 Å². The summed E-state index contributed by atoms with van der Waals surface area (Å²) in [6.45, 7) is 0. The SMILES string of the molecule is NNC(=Nc1cccc(F)c1F)c1cc(-c2ccc(NC(=O)Nc3cccnc3)cc2)cnc1N. The van der Waals surface area contributed by atoms with Gasteiger partial charge in [-0.05, 0) is 48.0 Å². The van der Waals surface area contributed by atoms with Gasteiger partial charge in [-0.2, -0.15) is 0 Å². The predicted octanol–water partition coefficient (Wildman–Crippen LogP) is 4.19. The van der Waals surface area contributed by atoms with Gasteiger partial charge in [-0.3, -0.25) is 4.98 Å². The van der Waals surface area contributed by atoms with Gasteiger partial charge in [-0.1, -0.05) is 18.2 Å². The largest absolute Gasteiger partial charge is 0.383 e. The van der Waals surface area contributed by atoms with Crippen LogP contribution in [0, 0.1) is 11.6 Å². The minimum absolute atomic E-state index is 0.00621. The number of urea groups is 1. The van der Waals surface area contributed by atoms with E-state index in [1.165, 1.54) is 18.3 Å². The Hall–Kier alpha value is -4.90. The van der Waals surface area contributed by atoms with Crippen LogP contribution in [0.1, 0.15) is 5.56 Å². The van der Waals surface area contributed by atoms with Crippen molar-refractivity contribution in [3.63, 3.8) is 0 Å². The molecular weight excluding hydrogens is 454 g/mol. The van der Waals surface area contributed by atoms with Gasteiger partial charge in [0.1, 0.15) is 11.5 Å². The van der Waals surface area contributed by atoms with E-state index in [1.54, 1.807) is 54.9 Å². The van der Waals surface area contributed by atoms with E-state index in [2.05, 4.69) is 31.0 Å². The summed E-state index contributed by atoms with van der Waals surface area (Å²) >= 11 is 0. The van der Waals surface area contributed by atoms with Crippen molar-refractivity contribution >= 4 is 34.7 Å². The fourth-order valence-corrected chi connectivity index (χ4v) is 3.17. The minimum Gasteiger partial charge on any atom is -0.383 e. The number of amidine groups is 1. The number of carbonyl (C=O) groups is 1. The van der Waals surface area contributed by atoms with E-state index >= 15 is 0 Å². The molecule has 0 saturated carbocycles. The highest BCUT2D eigenvalue weighted by Gasteiger charge is 2.14. The average Bonchev–Trinajstić information content (AvgIpc) is 2.86. The van der Waals surface area contributed by atoms with Crippen LogP contribution in [0.3, 0.4) is 0 Å². The van der Waals surface area contributed by atoms with Crippen molar-refractivity contribution in [3.05, 3.63) is 96.5 Å². The van der Waals surface area contributed by atoms with Gasteiger partial charge in [-0.25, -0.2) is 29.4 Å². The lowest BCUT2D eigenvalue weighted by Crippen LogP contribution is -2.31. The number of amides is 2. The van der Waals surface area contributed by atoms with Crippen LogP contribution in [0.15, 0.2) is 84.2 Å². The molecule has 2 aromatic carbocycles. The third-order valence-electron chi connectivity index (χ3n) is 4.87. The molecule has 11 heteroatoms. The lowest BCUT2D eigenvalue weighted by molar-refractivity contribution is 0.262. The van der Waals surface area contributed by atoms with Gasteiger partial charge in [-0.15, -0.1) is 0 Å². The van der Waals surface area contributed by atoms with Crippen LogP contribution < -0.4 is 27.6 Å². The average molecular weight is 474 g/mol. The summed E-state index contributed by atoms with van der Waals surface area (Å²) < 4.78 is 27.6. The molecule has 4 aromatic rings. The Labute approximate surface area is 198 Å². The van der Waals surface area contributed by atoms with Crippen LogP contribution in [-0.2, 0) is 0 Å². The number of hydrazine groups is 1. The fraction of sp³-hybridized carbons (Fsp3) is 0. The summed E-state index contributed by atoms with van der Waals surface area (Å²) in [6, 6.07) is 15.3. The highest BCUT2D eigenvalue weighted by atomic mass is 19.2. The number of nitrogens with zero attached hydrogens (tertiary/aromatic N) is 3. The lowest BCUT2D eigenvalue weighted by Gasteiger charge is -2.12. The zero-order valence-corrected chi connectivity index (χ0v) is 18.2. The Morgan fingerprint density at radius 3 is 2.40 bits per heavy atom. The summed E-state index contributed by atoms with van der Waals surface area (Å²) in [5.41, 5.74) is 10.9. The first-order valence-electron chi connectivity index (χ1n) is 10.3. The molecule has 0 fully saturated rings. The molecule has 0 bridgehead atoms. The normalized spacial score (nSPS) is 11.1. The number of rotatable bonds is 5. The third kappa shape index (κ3) is 5.54. The number of aromatic nitrogens is 2. The van der Waals surface area contributed by atoms with Crippen LogP contribution in [0.2, 0.25) is 0 Å². The molecule has 0 unspecified atom stereocenters. The van der Waals surface area contributed by atoms with E-state index in [1.807, 2.05) is 0 Å². The molecule has 4 rings (SSSR count). The molecule has 7 N–H and O–H groups in total. The van der Waals surface area contributed by atoms with E-state index in [-0.39, 0.29) is 17.3 Å². The van der Waals surface area contributed by atoms with Crippen LogP contribution in [0.5, 0.6) is 0 Å². The van der Waals surface area contributed by atoms with Crippen molar-refractivity contribution < 1.29 is 13.6 Å². The minimum atomic E-state index is -1.11. The molecule has 2 amide bonds. The molecule has 35 heavy (non-hydrogen) atoms. The highest BCUT2D eigenvalue weighted by Crippen LogP contribution is 2.26. The topological polar surface area (TPSA) is 143 Å². The van der Waals surface area contributed by atoms with E-state index in [4.69, 9.17) is 11.6 Å². The monoisotopic (exact) mass is 474 g/mol. The summed E-state index contributed by atoms with van der Waals surface area (Å²) in [5, 5.41) is 5.41. The first-order chi connectivity index (χ1) is 16.9. The highest BCUT2D eigenvalue weighted by molar-refractivity contribution is 6.04. The third-order valence-corrected chi connectivity index (χ3v) is 4.87. The van der Waals surface area contributed by atoms with Crippen molar-refractivity contribution in [3.8, 4) is 11.1 Å². The second kappa shape index (κ2) is 10.4. The van der Waals surface area contributed by atoms with E-state index in [0.717, 1.165) is 11.6 Å². The van der Waals surface area contributed by atoms with Crippen molar-refractivity contribution in [2.24, 2.45) is 10.8 Å². The first-order valence-corrected chi connectivity index (χ1v) is 10.3. The standard InChI is InChI=1S/C24H20F2N8O/c25-19-4-1-5-20(21(19)26)33-23(34-28)18-11-15(12-30-22(18)27)14-6-8-16(9-7-14)31-24(35)32-17-3-2-10-29-13-17/h1-13H,28H2,(H2,27,30)(H,33,34)(H2,31,32,35). The number of halogens is 2. The summed E-state index contributed by atoms with van der Waals surface area (Å²) in [7, 11) is 0. The maximum Gasteiger partial charge on any atom is 0.323 e. The van der Waals surface area contributed by atoms with E-state index in [0.29, 0.717) is 22.5 Å². The molecule has 2 heterocycles. The Morgan fingerprint density at radius 1 is 0.914 bits per heavy atom. The van der Waals surface area contributed by atoms with E-state index in [9.17, 15) is 13.6 Å². The van der Waals surface area contributed by atoms with Crippen molar-refractivity contribution in [2.45, 2.75) is 0 Å². The zero-order valence-electron chi connectivity index (χ0n) is 18.2. The van der Waals surface area contributed by atoms with Crippen molar-refractivity contribution in [1.82, 2.24) is 15.4 Å². The Morgan fingerprint density at radius 2 is 1.69 bits per heavy atom. The van der Waals surface area contributed by atoms with Gasteiger partial charge >= 0.3 is 6.03 Å². The van der Waals surface area contributed by atoms with Gasteiger partial charge in [0.2, 0.25) is 0 Å². The Balaban J connectivity index is 1.55. The summed E-state index contributed by atoms with van der Waals surface area (Å²) in [4.78, 5) is 24.3. The summed E-state index contributed by atoms with van der Waals surface area (Å²) in [6.07, 6.45) is 4.69. The number of pyridine rings is 2. The molecule has 9 nitrogen and oxygen atoms in total. The summed E-state index contributed by atoms with van der Waals surface area (Å²) in [5.74, 6) is 3.54. The van der Waals surface area contributed by atoms with Gasteiger partial charge in [0.15, 0.2) is 17.5 Å². The molecule has 0 spiro atoms. The van der Waals surface area contributed by atoms with Crippen LogP contribution in [-0.4, -0.2) is 21.8 Å².